The lowest BCUT2D eigenvalue weighted by Gasteiger charge is -2.46. The first-order valence-electron chi connectivity index (χ1n) is 8.66. The number of fused-ring (bicyclic) bond motifs is 1. The maximum atomic E-state index is 12.2. The van der Waals surface area contributed by atoms with E-state index < -0.39 is 23.0 Å². The highest BCUT2D eigenvalue weighted by Crippen LogP contribution is 2.36. The zero-order chi connectivity index (χ0) is 17.8. The summed E-state index contributed by atoms with van der Waals surface area (Å²) in [7, 11) is 3.37. The topological polar surface area (TPSA) is 105 Å². The molecule has 2 saturated heterocycles. The van der Waals surface area contributed by atoms with E-state index in [1.807, 2.05) is 0 Å². The molecular formula is C16H23N5O4. The Bertz CT molecular complexity index is 919. The Morgan fingerprint density at radius 2 is 1.96 bits per heavy atom. The van der Waals surface area contributed by atoms with E-state index in [4.69, 9.17) is 4.74 Å². The Morgan fingerprint density at radius 3 is 2.64 bits per heavy atom. The average Bonchev–Trinajstić information content (AvgIpc) is 2.94. The van der Waals surface area contributed by atoms with E-state index in [0.717, 1.165) is 12.8 Å². The van der Waals surface area contributed by atoms with Crippen LogP contribution in [0.3, 0.4) is 0 Å². The van der Waals surface area contributed by atoms with Crippen molar-refractivity contribution in [2.24, 2.45) is 14.1 Å². The van der Waals surface area contributed by atoms with Crippen molar-refractivity contribution in [2.45, 2.75) is 37.4 Å². The molecule has 0 radical (unpaired) electrons. The molecule has 1 atom stereocenters. The number of anilines is 1. The van der Waals surface area contributed by atoms with Gasteiger partial charge in [-0.05, 0) is 25.7 Å². The summed E-state index contributed by atoms with van der Waals surface area (Å²) >= 11 is 0. The molecule has 2 aromatic rings. The van der Waals surface area contributed by atoms with Gasteiger partial charge in [0.25, 0.3) is 5.56 Å². The number of nitrogens with one attached hydrogen (secondary N) is 1. The standard InChI is InChI=1S/C16H23N5O4/c1-19-11-12(20(2)15(24)18-13(11)23)17-14(19)21-7-5-16(6-8-21)10(22)4-3-9-25-16/h10,22H,3-9H2,1-2H3,(H,18,23,24)/t10-/m1/s1. The first kappa shape index (κ1) is 16.3. The molecule has 0 bridgehead atoms. The van der Waals surface area contributed by atoms with Crippen LogP contribution < -0.4 is 16.1 Å². The fraction of sp³-hybridized carbons (Fsp3) is 0.688. The minimum Gasteiger partial charge on any atom is -0.390 e. The first-order chi connectivity index (χ1) is 11.9. The number of nitrogens with zero attached hydrogens (tertiary/aromatic N) is 4. The Morgan fingerprint density at radius 1 is 1.24 bits per heavy atom. The van der Waals surface area contributed by atoms with Crippen LogP contribution in [-0.2, 0) is 18.8 Å². The lowest BCUT2D eigenvalue weighted by atomic mass is 9.82. The number of piperidine rings is 1. The minimum atomic E-state index is -0.474. The average molecular weight is 349 g/mol. The first-order valence-corrected chi connectivity index (χ1v) is 8.66. The van der Waals surface area contributed by atoms with Crippen LogP contribution in [0.5, 0.6) is 0 Å². The molecule has 0 unspecified atom stereocenters. The zero-order valence-corrected chi connectivity index (χ0v) is 14.5. The van der Waals surface area contributed by atoms with E-state index >= 15 is 0 Å². The van der Waals surface area contributed by atoms with Gasteiger partial charge in [0.1, 0.15) is 0 Å². The van der Waals surface area contributed by atoms with Gasteiger partial charge in [-0.3, -0.25) is 14.3 Å². The van der Waals surface area contributed by atoms with Crippen molar-refractivity contribution in [3.05, 3.63) is 20.8 Å². The molecule has 2 N–H and O–H groups in total. The van der Waals surface area contributed by atoms with Gasteiger partial charge >= 0.3 is 5.69 Å². The summed E-state index contributed by atoms with van der Waals surface area (Å²) in [4.78, 5) is 32.9. The number of imidazole rings is 1. The lowest BCUT2D eigenvalue weighted by molar-refractivity contribution is -0.164. The summed E-state index contributed by atoms with van der Waals surface area (Å²) in [6.07, 6.45) is 2.68. The number of rotatable bonds is 1. The predicted octanol–water partition coefficient (Wildman–Crippen LogP) is -0.529. The Hall–Kier alpha value is -2.13. The number of aromatic nitrogens is 4. The number of hydrogen-bond donors (Lipinski definition) is 2. The largest absolute Gasteiger partial charge is 0.390 e. The predicted molar refractivity (Wildman–Crippen MR) is 91.9 cm³/mol. The molecule has 2 aromatic heterocycles. The van der Waals surface area contributed by atoms with E-state index in [2.05, 4.69) is 14.9 Å². The molecule has 0 saturated carbocycles. The lowest BCUT2D eigenvalue weighted by Crippen LogP contribution is -2.55. The van der Waals surface area contributed by atoms with Crippen LogP contribution in [-0.4, -0.2) is 55.6 Å². The van der Waals surface area contributed by atoms with Crippen molar-refractivity contribution in [1.29, 1.82) is 0 Å². The van der Waals surface area contributed by atoms with Crippen molar-refractivity contribution in [3.8, 4) is 0 Å². The molecule has 4 rings (SSSR count). The highest BCUT2D eigenvalue weighted by Gasteiger charge is 2.44. The second-order valence-electron chi connectivity index (χ2n) is 7.02. The molecule has 25 heavy (non-hydrogen) atoms. The van der Waals surface area contributed by atoms with Crippen molar-refractivity contribution in [2.75, 3.05) is 24.6 Å². The summed E-state index contributed by atoms with van der Waals surface area (Å²) in [6, 6.07) is 0. The maximum Gasteiger partial charge on any atom is 0.329 e. The quantitative estimate of drug-likeness (QED) is 0.717. The van der Waals surface area contributed by atoms with Crippen LogP contribution >= 0.6 is 0 Å². The van der Waals surface area contributed by atoms with Crippen LogP contribution in [0.1, 0.15) is 25.7 Å². The molecule has 0 amide bonds. The van der Waals surface area contributed by atoms with Gasteiger partial charge in [0.15, 0.2) is 11.2 Å². The summed E-state index contributed by atoms with van der Waals surface area (Å²) < 4.78 is 9.01. The molecule has 4 heterocycles. The Labute approximate surface area is 143 Å². The second-order valence-corrected chi connectivity index (χ2v) is 7.02. The number of ether oxygens (including phenoxy) is 1. The van der Waals surface area contributed by atoms with E-state index in [-0.39, 0.29) is 0 Å². The Balaban J connectivity index is 1.67. The number of aliphatic hydroxyl groups excluding tert-OH is 1. The molecule has 136 valence electrons. The number of aromatic amines is 1. The van der Waals surface area contributed by atoms with Gasteiger partial charge in [-0.15, -0.1) is 0 Å². The molecule has 9 heteroatoms. The normalized spacial score (nSPS) is 23.5. The second kappa shape index (κ2) is 5.70. The molecule has 0 aliphatic carbocycles. The van der Waals surface area contributed by atoms with Crippen LogP contribution in [0.25, 0.3) is 11.2 Å². The van der Waals surface area contributed by atoms with Gasteiger partial charge in [-0.25, -0.2) is 4.79 Å². The molecule has 0 aromatic carbocycles. The van der Waals surface area contributed by atoms with Gasteiger partial charge in [-0.2, -0.15) is 4.98 Å². The third-order valence-corrected chi connectivity index (χ3v) is 5.62. The maximum absolute atomic E-state index is 12.2. The molecule has 1 spiro atoms. The van der Waals surface area contributed by atoms with Crippen LogP contribution in [0.4, 0.5) is 5.95 Å². The third-order valence-electron chi connectivity index (χ3n) is 5.62. The summed E-state index contributed by atoms with van der Waals surface area (Å²) in [5, 5.41) is 10.4. The molecule has 2 fully saturated rings. The summed E-state index contributed by atoms with van der Waals surface area (Å²) in [5.74, 6) is 0.654. The molecular weight excluding hydrogens is 326 g/mol. The molecule has 2 aliphatic heterocycles. The molecule has 9 nitrogen and oxygen atoms in total. The number of aryl methyl sites for hydroxylation is 2. The van der Waals surface area contributed by atoms with Crippen LogP contribution in [0.15, 0.2) is 9.59 Å². The van der Waals surface area contributed by atoms with E-state index in [9.17, 15) is 14.7 Å². The Kier molecular flexibility index (Phi) is 3.73. The summed E-state index contributed by atoms with van der Waals surface area (Å²) in [6.45, 7) is 2.06. The zero-order valence-electron chi connectivity index (χ0n) is 14.5. The summed E-state index contributed by atoms with van der Waals surface area (Å²) in [5.41, 5.74) is -0.604. The number of aliphatic hydroxyl groups is 1. The fourth-order valence-corrected chi connectivity index (χ4v) is 4.05. The van der Waals surface area contributed by atoms with Crippen molar-refractivity contribution >= 4 is 17.1 Å². The number of hydrogen-bond acceptors (Lipinski definition) is 6. The smallest absolute Gasteiger partial charge is 0.329 e. The highest BCUT2D eigenvalue weighted by atomic mass is 16.5. The van der Waals surface area contributed by atoms with Crippen molar-refractivity contribution in [3.63, 3.8) is 0 Å². The van der Waals surface area contributed by atoms with Crippen molar-refractivity contribution < 1.29 is 9.84 Å². The molecule has 2 aliphatic rings. The minimum absolute atomic E-state index is 0.375. The van der Waals surface area contributed by atoms with Crippen LogP contribution in [0.2, 0.25) is 0 Å². The third kappa shape index (κ3) is 2.41. The van der Waals surface area contributed by atoms with E-state index in [1.165, 1.54) is 4.57 Å². The van der Waals surface area contributed by atoms with Gasteiger partial charge in [-0.1, -0.05) is 0 Å². The fourth-order valence-electron chi connectivity index (χ4n) is 4.05. The van der Waals surface area contributed by atoms with Gasteiger partial charge < -0.3 is 19.3 Å². The van der Waals surface area contributed by atoms with Gasteiger partial charge in [0.05, 0.1) is 11.7 Å². The van der Waals surface area contributed by atoms with Crippen molar-refractivity contribution in [1.82, 2.24) is 19.1 Å². The van der Waals surface area contributed by atoms with Gasteiger partial charge in [0, 0.05) is 33.8 Å². The SMILES string of the molecule is Cn1c(N2CCC3(CC2)OCCC[C@H]3O)nc2c1c(=O)[nH]c(=O)n2C. The van der Waals surface area contributed by atoms with E-state index in [0.29, 0.717) is 49.7 Å². The number of H-pyrrole nitrogens is 1. The highest BCUT2D eigenvalue weighted by molar-refractivity contribution is 5.74. The van der Waals surface area contributed by atoms with E-state index in [1.54, 1.807) is 18.7 Å². The van der Waals surface area contributed by atoms with Gasteiger partial charge in [0.2, 0.25) is 5.95 Å². The monoisotopic (exact) mass is 349 g/mol. The van der Waals surface area contributed by atoms with Crippen LogP contribution in [0, 0.1) is 0 Å².